The molecule has 1 aromatic carbocycles. The largest absolute Gasteiger partial charge is 0.493 e. The Hall–Kier alpha value is -1.78. The monoisotopic (exact) mass is 226 g/mol. The van der Waals surface area contributed by atoms with Gasteiger partial charge in [0.15, 0.2) is 0 Å². The van der Waals surface area contributed by atoms with E-state index in [0.29, 0.717) is 30.8 Å². The van der Waals surface area contributed by atoms with Gasteiger partial charge in [-0.05, 0) is 25.0 Å². The van der Waals surface area contributed by atoms with Gasteiger partial charge in [0, 0.05) is 12.5 Å². The molecule has 0 bridgehead atoms. The fourth-order valence-electron chi connectivity index (χ4n) is 1.16. The average molecular weight is 226 g/mol. The van der Waals surface area contributed by atoms with Crippen molar-refractivity contribution in [3.63, 3.8) is 0 Å². The highest BCUT2D eigenvalue weighted by Gasteiger charge is 2.00. The van der Waals surface area contributed by atoms with Gasteiger partial charge in [-0.2, -0.15) is 0 Å². The molecule has 4 nitrogen and oxygen atoms in total. The first-order valence-electron chi connectivity index (χ1n) is 4.99. The van der Waals surface area contributed by atoms with Crippen LogP contribution >= 0.6 is 0 Å². The minimum absolute atomic E-state index is 0.165. The van der Waals surface area contributed by atoms with Crippen LogP contribution in [0.5, 0.6) is 5.75 Å². The third-order valence-corrected chi connectivity index (χ3v) is 2.12. The van der Waals surface area contributed by atoms with Crippen LogP contribution in [0.15, 0.2) is 23.4 Å². The molecular formula is C11H15FN2O2. The van der Waals surface area contributed by atoms with Gasteiger partial charge in [0.1, 0.15) is 17.4 Å². The van der Waals surface area contributed by atoms with Crippen LogP contribution in [0, 0.1) is 12.7 Å². The first-order valence-corrected chi connectivity index (χ1v) is 4.99. The number of rotatable bonds is 5. The summed E-state index contributed by atoms with van der Waals surface area (Å²) >= 11 is 0. The molecule has 0 aromatic heterocycles. The van der Waals surface area contributed by atoms with Crippen LogP contribution in [0.2, 0.25) is 0 Å². The predicted octanol–water partition coefficient (Wildman–Crippen LogP) is 2.04. The molecule has 0 unspecified atom stereocenters. The van der Waals surface area contributed by atoms with E-state index < -0.39 is 0 Å². The number of nitrogens with zero attached hydrogens (tertiary/aromatic N) is 1. The van der Waals surface area contributed by atoms with Crippen molar-refractivity contribution in [2.75, 3.05) is 6.61 Å². The van der Waals surface area contributed by atoms with Crippen molar-refractivity contribution in [3.8, 4) is 5.75 Å². The van der Waals surface area contributed by atoms with E-state index in [4.69, 9.17) is 15.7 Å². The zero-order chi connectivity index (χ0) is 12.0. The minimum atomic E-state index is -0.283. The van der Waals surface area contributed by atoms with Crippen LogP contribution in [0.4, 0.5) is 4.39 Å². The van der Waals surface area contributed by atoms with E-state index in [1.54, 1.807) is 19.1 Å². The summed E-state index contributed by atoms with van der Waals surface area (Å²) in [7, 11) is 0. The minimum Gasteiger partial charge on any atom is -0.493 e. The summed E-state index contributed by atoms with van der Waals surface area (Å²) in [5.74, 6) is 0.371. The predicted molar refractivity (Wildman–Crippen MR) is 59.3 cm³/mol. The molecular weight excluding hydrogens is 211 g/mol. The average Bonchev–Trinajstić information content (AvgIpc) is 2.28. The number of ether oxygens (including phenoxy) is 1. The summed E-state index contributed by atoms with van der Waals surface area (Å²) in [5, 5.41) is 11.1. The van der Waals surface area contributed by atoms with Gasteiger partial charge < -0.3 is 15.7 Å². The molecule has 0 fully saturated rings. The Morgan fingerprint density at radius 3 is 2.94 bits per heavy atom. The molecule has 3 N–H and O–H groups in total. The molecule has 1 aromatic rings. The van der Waals surface area contributed by atoms with Crippen molar-refractivity contribution in [2.24, 2.45) is 10.9 Å². The summed E-state index contributed by atoms with van der Waals surface area (Å²) in [6, 6.07) is 4.72. The Bertz CT molecular complexity index is 380. The quantitative estimate of drug-likeness (QED) is 0.265. The number of benzene rings is 1. The van der Waals surface area contributed by atoms with E-state index in [1.807, 2.05) is 0 Å². The molecule has 0 heterocycles. The third kappa shape index (κ3) is 3.76. The second-order valence-corrected chi connectivity index (χ2v) is 3.45. The third-order valence-electron chi connectivity index (χ3n) is 2.12. The van der Waals surface area contributed by atoms with Gasteiger partial charge in [0.05, 0.1) is 6.61 Å². The number of hydrogen-bond acceptors (Lipinski definition) is 3. The Morgan fingerprint density at radius 2 is 2.31 bits per heavy atom. The number of oxime groups is 1. The normalized spacial score (nSPS) is 11.5. The lowest BCUT2D eigenvalue weighted by atomic mass is 10.2. The van der Waals surface area contributed by atoms with Gasteiger partial charge >= 0.3 is 0 Å². The van der Waals surface area contributed by atoms with E-state index in [-0.39, 0.29) is 11.7 Å². The molecule has 88 valence electrons. The topological polar surface area (TPSA) is 67.8 Å². The van der Waals surface area contributed by atoms with Crippen molar-refractivity contribution >= 4 is 5.84 Å². The van der Waals surface area contributed by atoms with E-state index in [0.717, 1.165) is 0 Å². The van der Waals surface area contributed by atoms with E-state index in [2.05, 4.69) is 5.16 Å². The van der Waals surface area contributed by atoms with Crippen molar-refractivity contribution < 1.29 is 14.3 Å². The van der Waals surface area contributed by atoms with Crippen molar-refractivity contribution in [1.29, 1.82) is 0 Å². The van der Waals surface area contributed by atoms with E-state index in [1.165, 1.54) is 6.07 Å². The highest BCUT2D eigenvalue weighted by Crippen LogP contribution is 2.15. The molecule has 1 rings (SSSR count). The summed E-state index contributed by atoms with van der Waals surface area (Å²) in [6.07, 6.45) is 1.07. The second kappa shape index (κ2) is 5.95. The smallest absolute Gasteiger partial charge is 0.139 e. The van der Waals surface area contributed by atoms with Crippen LogP contribution in [0.1, 0.15) is 18.4 Å². The Labute approximate surface area is 93.5 Å². The molecule has 0 saturated heterocycles. The molecule has 0 aliphatic heterocycles. The fourth-order valence-corrected chi connectivity index (χ4v) is 1.16. The standard InChI is InChI=1S/C11H15FN2O2/c1-8-4-5-9(7-10(8)12)16-6-2-3-11(13)14-15/h4-5,7,15H,2-3,6H2,1H3,(H2,13,14). The lowest BCUT2D eigenvalue weighted by Gasteiger charge is -2.06. The van der Waals surface area contributed by atoms with E-state index in [9.17, 15) is 4.39 Å². The second-order valence-electron chi connectivity index (χ2n) is 3.45. The lowest BCUT2D eigenvalue weighted by Crippen LogP contribution is -2.12. The van der Waals surface area contributed by atoms with Crippen LogP contribution in [0.3, 0.4) is 0 Å². The molecule has 16 heavy (non-hydrogen) atoms. The molecule has 0 aliphatic carbocycles. The molecule has 5 heteroatoms. The molecule has 0 radical (unpaired) electrons. The number of amidine groups is 1. The van der Waals surface area contributed by atoms with E-state index >= 15 is 0 Å². The van der Waals surface area contributed by atoms with Crippen LogP contribution in [0.25, 0.3) is 0 Å². The van der Waals surface area contributed by atoms with Gasteiger partial charge in [0.25, 0.3) is 0 Å². The van der Waals surface area contributed by atoms with Crippen molar-refractivity contribution in [3.05, 3.63) is 29.6 Å². The highest BCUT2D eigenvalue weighted by atomic mass is 19.1. The summed E-state index contributed by atoms with van der Waals surface area (Å²) < 4.78 is 18.4. The maximum absolute atomic E-state index is 13.1. The lowest BCUT2D eigenvalue weighted by molar-refractivity contribution is 0.304. The summed E-state index contributed by atoms with van der Waals surface area (Å²) in [6.45, 7) is 2.09. The van der Waals surface area contributed by atoms with Gasteiger partial charge in [-0.15, -0.1) is 0 Å². The van der Waals surface area contributed by atoms with Crippen LogP contribution in [-0.4, -0.2) is 17.6 Å². The number of halogens is 1. The number of hydrogen-bond donors (Lipinski definition) is 2. The van der Waals surface area contributed by atoms with Gasteiger partial charge in [-0.25, -0.2) is 4.39 Å². The Kier molecular flexibility index (Phi) is 4.57. The first-order chi connectivity index (χ1) is 7.63. The highest BCUT2D eigenvalue weighted by molar-refractivity contribution is 5.79. The molecule has 0 aliphatic rings. The summed E-state index contributed by atoms with van der Waals surface area (Å²) in [5.41, 5.74) is 5.87. The number of nitrogens with two attached hydrogens (primary N) is 1. The van der Waals surface area contributed by atoms with Gasteiger partial charge in [0.2, 0.25) is 0 Å². The van der Waals surface area contributed by atoms with Crippen molar-refractivity contribution in [1.82, 2.24) is 0 Å². The SMILES string of the molecule is Cc1ccc(OCCC/C(N)=N/O)cc1F. The van der Waals surface area contributed by atoms with Crippen molar-refractivity contribution in [2.45, 2.75) is 19.8 Å². The Balaban J connectivity index is 2.35. The summed E-state index contributed by atoms with van der Waals surface area (Å²) in [4.78, 5) is 0. The molecule has 0 atom stereocenters. The first kappa shape index (κ1) is 12.3. The Morgan fingerprint density at radius 1 is 1.56 bits per heavy atom. The maximum Gasteiger partial charge on any atom is 0.139 e. The molecule has 0 amide bonds. The number of aryl methyl sites for hydroxylation is 1. The molecule has 0 saturated carbocycles. The molecule has 0 spiro atoms. The van der Waals surface area contributed by atoms with Crippen LogP contribution in [-0.2, 0) is 0 Å². The zero-order valence-corrected chi connectivity index (χ0v) is 9.11. The zero-order valence-electron chi connectivity index (χ0n) is 9.11. The maximum atomic E-state index is 13.1. The fraction of sp³-hybridized carbons (Fsp3) is 0.364. The van der Waals surface area contributed by atoms with Gasteiger partial charge in [-0.1, -0.05) is 11.2 Å². The van der Waals surface area contributed by atoms with Gasteiger partial charge in [-0.3, -0.25) is 0 Å². The van der Waals surface area contributed by atoms with Crippen LogP contribution < -0.4 is 10.5 Å².